The first-order valence-electron chi connectivity index (χ1n) is 13.0. The van der Waals surface area contributed by atoms with E-state index in [9.17, 15) is 9.59 Å². The first-order chi connectivity index (χ1) is 19.0. The topological polar surface area (TPSA) is 105 Å². The zero-order valence-corrected chi connectivity index (χ0v) is 21.8. The molecule has 1 aliphatic heterocycles. The summed E-state index contributed by atoms with van der Waals surface area (Å²) in [5, 5.41) is 9.95. The van der Waals surface area contributed by atoms with Gasteiger partial charge < -0.3 is 15.4 Å². The molecule has 0 unspecified atom stereocenters. The van der Waals surface area contributed by atoms with Crippen LogP contribution in [0.5, 0.6) is 0 Å². The van der Waals surface area contributed by atoms with Crippen molar-refractivity contribution < 1.29 is 14.3 Å². The molecule has 3 N–H and O–H groups in total. The Balaban J connectivity index is 1.43. The maximum absolute atomic E-state index is 13.7. The molecule has 2 amide bonds. The van der Waals surface area contributed by atoms with Gasteiger partial charge in [-0.15, -0.1) is 0 Å². The minimum absolute atomic E-state index is 0.0744. The number of aromatic nitrogens is 2. The third-order valence-corrected chi connectivity index (χ3v) is 6.86. The third-order valence-electron chi connectivity index (χ3n) is 6.86. The van der Waals surface area contributed by atoms with Crippen LogP contribution in [0.1, 0.15) is 46.4 Å². The average Bonchev–Trinajstić information content (AvgIpc) is 2.96. The molecule has 0 saturated carbocycles. The molecule has 0 bridgehead atoms. The molecular weight excluding hydrogens is 490 g/mol. The highest BCUT2D eigenvalue weighted by atomic mass is 16.5. The summed E-state index contributed by atoms with van der Waals surface area (Å²) < 4.78 is 5.40. The van der Waals surface area contributed by atoms with Gasteiger partial charge in [-0.25, -0.2) is 9.78 Å². The van der Waals surface area contributed by atoms with Crippen LogP contribution in [-0.2, 0) is 11.3 Å². The summed E-state index contributed by atoms with van der Waals surface area (Å²) >= 11 is 0. The van der Waals surface area contributed by atoms with Gasteiger partial charge in [-0.2, -0.15) is 0 Å². The maximum atomic E-state index is 13.7. The number of ether oxygens (including phenoxy) is 1. The first-order valence-corrected chi connectivity index (χ1v) is 13.0. The van der Waals surface area contributed by atoms with Crippen LogP contribution in [0.15, 0.2) is 79.6 Å². The number of hydrogen-bond donors (Lipinski definition) is 3. The van der Waals surface area contributed by atoms with Crippen molar-refractivity contribution in [3.63, 3.8) is 0 Å². The van der Waals surface area contributed by atoms with Crippen molar-refractivity contribution in [2.75, 3.05) is 23.7 Å². The number of fused-ring (bicyclic) bond motifs is 1. The lowest BCUT2D eigenvalue weighted by molar-refractivity contribution is 0.102. The molecule has 0 aliphatic carbocycles. The third kappa shape index (κ3) is 6.30. The molecule has 5 rings (SSSR count). The van der Waals surface area contributed by atoms with Gasteiger partial charge in [0.1, 0.15) is 6.61 Å². The Kier molecular flexibility index (Phi) is 7.94. The number of anilines is 2. The summed E-state index contributed by atoms with van der Waals surface area (Å²) in [6, 6.07) is 18.7. The standard InChI is InChI=1S/C31H31N5O3/c1-3-21-9-10-23-15-27(36-31(38)39-19-22-7-5-4-6-8-22)29(34-26(23)14-21)30(37)35-28-18-32-12-11-25(28)24-13-20(2)16-33-17-24/h3-12,14-15,18,20,24,33H,1,13,16-17,19H2,2H3,(H,35,37)(H,36,38)/t20-,24-/m0/s1. The fourth-order valence-corrected chi connectivity index (χ4v) is 4.89. The number of pyridine rings is 2. The molecule has 1 saturated heterocycles. The van der Waals surface area contributed by atoms with Crippen molar-refractivity contribution in [3.05, 3.63) is 102 Å². The molecule has 2 aromatic carbocycles. The minimum atomic E-state index is -0.680. The van der Waals surface area contributed by atoms with E-state index in [0.717, 1.165) is 41.6 Å². The van der Waals surface area contributed by atoms with Gasteiger partial charge in [0.25, 0.3) is 5.91 Å². The number of carbonyl (C=O) groups excluding carboxylic acids is 2. The zero-order chi connectivity index (χ0) is 27.2. The molecule has 3 heterocycles. The predicted molar refractivity (Wildman–Crippen MR) is 154 cm³/mol. The molecule has 8 nitrogen and oxygen atoms in total. The summed E-state index contributed by atoms with van der Waals surface area (Å²) in [7, 11) is 0. The van der Waals surface area contributed by atoms with Crippen LogP contribution in [0, 0.1) is 5.92 Å². The van der Waals surface area contributed by atoms with E-state index in [4.69, 9.17) is 4.74 Å². The Labute approximate surface area is 227 Å². The lowest BCUT2D eigenvalue weighted by atomic mass is 9.86. The van der Waals surface area contributed by atoms with E-state index >= 15 is 0 Å². The highest BCUT2D eigenvalue weighted by molar-refractivity contribution is 6.10. The van der Waals surface area contributed by atoms with Crippen LogP contribution in [-0.4, -0.2) is 35.1 Å². The van der Waals surface area contributed by atoms with E-state index in [1.165, 1.54) is 0 Å². The smallest absolute Gasteiger partial charge is 0.412 e. The maximum Gasteiger partial charge on any atom is 0.412 e. The van der Waals surface area contributed by atoms with Crippen LogP contribution < -0.4 is 16.0 Å². The number of nitrogens with one attached hydrogen (secondary N) is 3. The van der Waals surface area contributed by atoms with Gasteiger partial charge in [-0.1, -0.05) is 62.0 Å². The second-order valence-corrected chi connectivity index (χ2v) is 9.84. The molecule has 1 aliphatic rings. The quantitative estimate of drug-likeness (QED) is 0.276. The van der Waals surface area contributed by atoms with E-state index in [1.54, 1.807) is 24.5 Å². The van der Waals surface area contributed by atoms with Crippen LogP contribution in [0.3, 0.4) is 0 Å². The van der Waals surface area contributed by atoms with Gasteiger partial charge in [0.2, 0.25) is 0 Å². The van der Waals surface area contributed by atoms with Crippen LogP contribution in [0.25, 0.3) is 17.0 Å². The van der Waals surface area contributed by atoms with E-state index in [-0.39, 0.29) is 23.9 Å². The summed E-state index contributed by atoms with van der Waals surface area (Å²) in [6.07, 6.45) is 5.45. The Hall–Kier alpha value is -4.56. The van der Waals surface area contributed by atoms with Gasteiger partial charge in [0, 0.05) is 18.1 Å². The van der Waals surface area contributed by atoms with Gasteiger partial charge in [0.15, 0.2) is 5.69 Å². The van der Waals surface area contributed by atoms with Crippen molar-refractivity contribution in [1.29, 1.82) is 0 Å². The monoisotopic (exact) mass is 521 g/mol. The summed E-state index contributed by atoms with van der Waals surface area (Å²) in [4.78, 5) is 35.3. The van der Waals surface area contributed by atoms with Crippen LogP contribution >= 0.6 is 0 Å². The molecule has 8 heteroatoms. The van der Waals surface area contributed by atoms with Crippen molar-refractivity contribution in [2.45, 2.75) is 25.9 Å². The number of benzene rings is 2. The van der Waals surface area contributed by atoms with Crippen LogP contribution in [0.4, 0.5) is 16.2 Å². The first kappa shape index (κ1) is 26.1. The number of rotatable bonds is 7. The van der Waals surface area contributed by atoms with Gasteiger partial charge in [0.05, 0.1) is 23.1 Å². The van der Waals surface area contributed by atoms with E-state index in [0.29, 0.717) is 17.1 Å². The average molecular weight is 522 g/mol. The minimum Gasteiger partial charge on any atom is -0.444 e. The Morgan fingerprint density at radius 1 is 1.08 bits per heavy atom. The number of piperidine rings is 1. The van der Waals surface area contributed by atoms with E-state index < -0.39 is 12.0 Å². The van der Waals surface area contributed by atoms with Gasteiger partial charge >= 0.3 is 6.09 Å². The lowest BCUT2D eigenvalue weighted by Crippen LogP contribution is -2.34. The van der Waals surface area contributed by atoms with Gasteiger partial charge in [-0.3, -0.25) is 15.1 Å². The molecule has 1 fully saturated rings. The van der Waals surface area contributed by atoms with E-state index in [1.807, 2.05) is 54.6 Å². The molecule has 198 valence electrons. The number of carbonyl (C=O) groups is 2. The zero-order valence-electron chi connectivity index (χ0n) is 21.8. The lowest BCUT2D eigenvalue weighted by Gasteiger charge is -2.29. The molecule has 0 spiro atoms. The number of amides is 2. The van der Waals surface area contributed by atoms with Crippen molar-refractivity contribution in [1.82, 2.24) is 15.3 Å². The second kappa shape index (κ2) is 11.9. The second-order valence-electron chi connectivity index (χ2n) is 9.84. The van der Waals surface area contributed by atoms with Crippen molar-refractivity contribution in [3.8, 4) is 0 Å². The normalized spacial score (nSPS) is 16.8. The Bertz CT molecular complexity index is 1510. The molecule has 0 radical (unpaired) electrons. The summed E-state index contributed by atoms with van der Waals surface area (Å²) in [6.45, 7) is 7.94. The largest absolute Gasteiger partial charge is 0.444 e. The summed E-state index contributed by atoms with van der Waals surface area (Å²) in [5.74, 6) is 0.321. The Morgan fingerprint density at radius 3 is 2.72 bits per heavy atom. The SMILES string of the molecule is C=Cc1ccc2cc(NC(=O)OCc3ccccc3)c(C(=O)Nc3cnccc3[C@@H]3CNC[C@@H](C)C3)nc2c1. The highest BCUT2D eigenvalue weighted by Crippen LogP contribution is 2.32. The fraction of sp³-hybridized carbons (Fsp3) is 0.226. The molecule has 4 aromatic rings. The molecule has 2 atom stereocenters. The molecule has 2 aromatic heterocycles. The predicted octanol–water partition coefficient (Wildman–Crippen LogP) is 5.99. The van der Waals surface area contributed by atoms with Crippen molar-refractivity contribution >= 4 is 40.4 Å². The molecular formula is C31H31N5O3. The van der Waals surface area contributed by atoms with Crippen molar-refractivity contribution in [2.24, 2.45) is 5.92 Å². The highest BCUT2D eigenvalue weighted by Gasteiger charge is 2.24. The number of nitrogens with zero attached hydrogens (tertiary/aromatic N) is 2. The fourth-order valence-electron chi connectivity index (χ4n) is 4.89. The molecule has 39 heavy (non-hydrogen) atoms. The number of hydrogen-bond acceptors (Lipinski definition) is 6. The Morgan fingerprint density at radius 2 is 1.92 bits per heavy atom. The van der Waals surface area contributed by atoms with Gasteiger partial charge in [-0.05, 0) is 59.7 Å². The van der Waals surface area contributed by atoms with Crippen LogP contribution in [0.2, 0.25) is 0 Å². The van der Waals surface area contributed by atoms with E-state index in [2.05, 4.69) is 39.4 Å². The summed E-state index contributed by atoms with van der Waals surface area (Å²) in [5.41, 5.74) is 4.31.